The molecule has 0 bridgehead atoms. The van der Waals surface area contributed by atoms with Crippen molar-refractivity contribution in [3.05, 3.63) is 47.5 Å². The second-order valence-electron chi connectivity index (χ2n) is 4.59. The van der Waals surface area contributed by atoms with Crippen molar-refractivity contribution in [3.8, 4) is 0 Å². The number of hydrogen-bond acceptors (Lipinski definition) is 2. The van der Waals surface area contributed by atoms with Gasteiger partial charge in [-0.05, 0) is 25.5 Å². The monoisotopic (exact) mass is 320 g/mol. The van der Waals surface area contributed by atoms with Crippen LogP contribution in [0.5, 0.6) is 0 Å². The van der Waals surface area contributed by atoms with Crippen molar-refractivity contribution < 1.29 is 9.90 Å². The molecule has 1 aromatic carbocycles. The van der Waals surface area contributed by atoms with Crippen molar-refractivity contribution in [1.29, 1.82) is 0 Å². The molecular formula is C14H15Cl3O2. The Hall–Kier alpha value is -0.540. The van der Waals surface area contributed by atoms with Gasteiger partial charge in [0, 0.05) is 6.42 Å². The van der Waals surface area contributed by atoms with E-state index in [0.717, 1.165) is 5.57 Å². The molecule has 0 amide bonds. The lowest BCUT2D eigenvalue weighted by molar-refractivity contribution is -0.119. The van der Waals surface area contributed by atoms with Crippen molar-refractivity contribution in [2.45, 2.75) is 29.7 Å². The number of alkyl halides is 3. The van der Waals surface area contributed by atoms with Gasteiger partial charge in [0.15, 0.2) is 5.78 Å². The number of allylic oxidation sites excluding steroid dienone is 2. The SMILES string of the molecule is CC(C)=CC(=O)C[C@](O)(c1ccccc1)C(Cl)(Cl)Cl. The van der Waals surface area contributed by atoms with Crippen LogP contribution in [0.2, 0.25) is 0 Å². The van der Waals surface area contributed by atoms with Gasteiger partial charge >= 0.3 is 0 Å². The molecule has 0 unspecified atom stereocenters. The quantitative estimate of drug-likeness (QED) is 0.667. The van der Waals surface area contributed by atoms with Gasteiger partial charge in [-0.15, -0.1) is 0 Å². The third-order valence-electron chi connectivity index (χ3n) is 2.60. The number of hydrogen-bond donors (Lipinski definition) is 1. The number of halogens is 3. The van der Waals surface area contributed by atoms with Gasteiger partial charge in [-0.2, -0.15) is 0 Å². The highest BCUT2D eigenvalue weighted by molar-refractivity contribution is 6.68. The Morgan fingerprint density at radius 1 is 1.21 bits per heavy atom. The lowest BCUT2D eigenvalue weighted by Gasteiger charge is -2.34. The number of carbonyl (C=O) groups excluding carboxylic acids is 1. The summed E-state index contributed by atoms with van der Waals surface area (Å²) in [6, 6.07) is 8.44. The summed E-state index contributed by atoms with van der Waals surface area (Å²) in [6.07, 6.45) is 1.13. The summed E-state index contributed by atoms with van der Waals surface area (Å²) >= 11 is 17.6. The lowest BCUT2D eigenvalue weighted by atomic mass is 9.89. The van der Waals surface area contributed by atoms with Gasteiger partial charge in [0.2, 0.25) is 3.79 Å². The third kappa shape index (κ3) is 4.22. The number of ketones is 1. The molecule has 2 nitrogen and oxygen atoms in total. The van der Waals surface area contributed by atoms with E-state index in [0.29, 0.717) is 5.56 Å². The smallest absolute Gasteiger partial charge is 0.223 e. The van der Waals surface area contributed by atoms with E-state index in [4.69, 9.17) is 34.8 Å². The molecule has 1 aromatic rings. The average molecular weight is 322 g/mol. The number of rotatable bonds is 4. The van der Waals surface area contributed by atoms with E-state index in [-0.39, 0.29) is 12.2 Å². The van der Waals surface area contributed by atoms with Crippen LogP contribution in [0.15, 0.2) is 42.0 Å². The standard InChI is InChI=1S/C14H15Cl3O2/c1-10(2)8-12(18)9-13(19,14(15,16)17)11-6-4-3-5-7-11/h3-8,19H,9H2,1-2H3/t13-/m0/s1. The van der Waals surface area contributed by atoms with Crippen LogP contribution >= 0.6 is 34.8 Å². The van der Waals surface area contributed by atoms with E-state index >= 15 is 0 Å². The third-order valence-corrected chi connectivity index (χ3v) is 3.54. The highest BCUT2D eigenvalue weighted by Crippen LogP contribution is 2.47. The summed E-state index contributed by atoms with van der Waals surface area (Å²) in [5, 5.41) is 10.7. The summed E-state index contributed by atoms with van der Waals surface area (Å²) in [4.78, 5) is 11.9. The highest BCUT2D eigenvalue weighted by Gasteiger charge is 2.49. The zero-order valence-electron chi connectivity index (χ0n) is 10.7. The van der Waals surface area contributed by atoms with Gasteiger partial charge in [-0.25, -0.2) is 0 Å². The zero-order chi connectivity index (χ0) is 14.7. The molecule has 5 heteroatoms. The lowest BCUT2D eigenvalue weighted by Crippen LogP contribution is -2.41. The summed E-state index contributed by atoms with van der Waals surface area (Å²) in [5.41, 5.74) is -0.641. The maximum absolute atomic E-state index is 11.9. The molecule has 0 aliphatic carbocycles. The van der Waals surface area contributed by atoms with E-state index in [2.05, 4.69) is 0 Å². The largest absolute Gasteiger partial charge is 0.380 e. The molecule has 0 aromatic heterocycles. The fraction of sp³-hybridized carbons (Fsp3) is 0.357. The molecule has 0 radical (unpaired) electrons. The van der Waals surface area contributed by atoms with E-state index in [9.17, 15) is 9.90 Å². The Balaban J connectivity index is 3.16. The molecule has 0 aliphatic heterocycles. The molecule has 0 spiro atoms. The molecule has 0 saturated heterocycles. The van der Waals surface area contributed by atoms with Crippen LogP contribution in [-0.2, 0) is 10.4 Å². The zero-order valence-corrected chi connectivity index (χ0v) is 12.9. The van der Waals surface area contributed by atoms with Crippen LogP contribution in [0, 0.1) is 0 Å². The van der Waals surface area contributed by atoms with Crippen molar-refractivity contribution >= 4 is 40.6 Å². The average Bonchev–Trinajstić information content (AvgIpc) is 2.27. The minimum atomic E-state index is -2.00. The second-order valence-corrected chi connectivity index (χ2v) is 6.87. The van der Waals surface area contributed by atoms with Crippen molar-refractivity contribution in [2.75, 3.05) is 0 Å². The molecule has 19 heavy (non-hydrogen) atoms. The minimum absolute atomic E-state index is 0.293. The molecule has 1 atom stereocenters. The molecular weight excluding hydrogens is 307 g/mol. The van der Waals surface area contributed by atoms with Crippen molar-refractivity contribution in [1.82, 2.24) is 0 Å². The van der Waals surface area contributed by atoms with Crippen molar-refractivity contribution in [3.63, 3.8) is 0 Å². The minimum Gasteiger partial charge on any atom is -0.380 e. The second kappa shape index (κ2) is 6.27. The van der Waals surface area contributed by atoms with Gasteiger partial charge in [0.05, 0.1) is 0 Å². The summed E-state index contributed by atoms with van der Waals surface area (Å²) in [5.74, 6) is -0.294. The number of benzene rings is 1. The summed E-state index contributed by atoms with van der Waals surface area (Å²) in [6.45, 7) is 3.57. The fourth-order valence-electron chi connectivity index (χ4n) is 1.70. The predicted octanol–water partition coefficient (Wildman–Crippen LogP) is 4.17. The van der Waals surface area contributed by atoms with Crippen LogP contribution in [0.25, 0.3) is 0 Å². The first-order valence-electron chi connectivity index (χ1n) is 5.69. The van der Waals surface area contributed by atoms with Crippen LogP contribution in [0.4, 0.5) is 0 Å². The first-order chi connectivity index (χ1) is 8.67. The molecule has 0 aliphatic rings. The first kappa shape index (κ1) is 16.5. The van der Waals surface area contributed by atoms with Crippen LogP contribution in [0.1, 0.15) is 25.8 Å². The molecule has 104 valence electrons. The fourth-order valence-corrected chi connectivity index (χ4v) is 2.23. The normalized spacial score (nSPS) is 14.6. The van der Waals surface area contributed by atoms with E-state index in [1.165, 1.54) is 6.08 Å². The van der Waals surface area contributed by atoms with Gasteiger partial charge < -0.3 is 5.11 Å². The first-order valence-corrected chi connectivity index (χ1v) is 6.82. The topological polar surface area (TPSA) is 37.3 Å². The van der Waals surface area contributed by atoms with E-state index < -0.39 is 9.39 Å². The van der Waals surface area contributed by atoms with Gasteiger partial charge in [0.1, 0.15) is 5.60 Å². The highest BCUT2D eigenvalue weighted by atomic mass is 35.6. The van der Waals surface area contributed by atoms with E-state index in [1.807, 2.05) is 0 Å². The Bertz CT molecular complexity index is 473. The molecule has 0 heterocycles. The molecule has 0 saturated carbocycles. The van der Waals surface area contributed by atoms with Gasteiger partial charge in [-0.3, -0.25) is 4.79 Å². The molecule has 1 rings (SSSR count). The van der Waals surface area contributed by atoms with E-state index in [1.54, 1.807) is 44.2 Å². The number of carbonyl (C=O) groups is 1. The van der Waals surface area contributed by atoms with Gasteiger partial charge in [0.25, 0.3) is 0 Å². The predicted molar refractivity (Wildman–Crippen MR) is 79.7 cm³/mol. The summed E-state index contributed by atoms with van der Waals surface area (Å²) in [7, 11) is 0. The number of aliphatic hydroxyl groups is 1. The van der Waals surface area contributed by atoms with Crippen LogP contribution in [-0.4, -0.2) is 14.7 Å². The Kier molecular flexibility index (Phi) is 5.45. The maximum atomic E-state index is 11.9. The Morgan fingerprint density at radius 3 is 2.16 bits per heavy atom. The summed E-state index contributed by atoms with van der Waals surface area (Å²) < 4.78 is -2.00. The maximum Gasteiger partial charge on any atom is 0.223 e. The molecule has 0 fully saturated rings. The van der Waals surface area contributed by atoms with Crippen LogP contribution < -0.4 is 0 Å². The Morgan fingerprint density at radius 2 is 1.74 bits per heavy atom. The molecule has 1 N–H and O–H groups in total. The Labute approximate surface area is 128 Å². The van der Waals surface area contributed by atoms with Crippen molar-refractivity contribution in [2.24, 2.45) is 0 Å². The van der Waals surface area contributed by atoms with Crippen LogP contribution in [0.3, 0.4) is 0 Å². The van der Waals surface area contributed by atoms with Gasteiger partial charge in [-0.1, -0.05) is 70.7 Å².